The molecule has 2 aromatic heterocycles. The van der Waals surface area contributed by atoms with Crippen LogP contribution in [0.25, 0.3) is 0 Å². The lowest BCUT2D eigenvalue weighted by molar-refractivity contribution is 0.407. The lowest BCUT2D eigenvalue weighted by atomic mass is 10.4. The third-order valence-corrected chi connectivity index (χ3v) is 6.73. The molecular formula is C16H15NO2S3. The number of rotatable bonds is 6. The first-order valence-corrected chi connectivity index (χ1v) is 9.96. The Bertz CT molecular complexity index is 758. The Morgan fingerprint density at radius 1 is 0.773 bits per heavy atom. The van der Waals surface area contributed by atoms with Gasteiger partial charge in [0.2, 0.25) is 10.0 Å². The van der Waals surface area contributed by atoms with E-state index in [0.717, 1.165) is 9.75 Å². The largest absolute Gasteiger partial charge is 0.243 e. The van der Waals surface area contributed by atoms with Gasteiger partial charge in [-0.1, -0.05) is 30.3 Å². The molecule has 22 heavy (non-hydrogen) atoms. The van der Waals surface area contributed by atoms with E-state index in [4.69, 9.17) is 0 Å². The molecule has 3 nitrogen and oxygen atoms in total. The van der Waals surface area contributed by atoms with Gasteiger partial charge in [0.25, 0.3) is 0 Å². The van der Waals surface area contributed by atoms with Gasteiger partial charge in [0.15, 0.2) is 0 Å². The first-order valence-electron chi connectivity index (χ1n) is 6.76. The second-order valence-electron chi connectivity index (χ2n) is 4.74. The van der Waals surface area contributed by atoms with Crippen molar-refractivity contribution in [3.8, 4) is 0 Å². The van der Waals surface area contributed by atoms with Crippen molar-refractivity contribution in [2.75, 3.05) is 0 Å². The monoisotopic (exact) mass is 349 g/mol. The Hall–Kier alpha value is -1.47. The maximum Gasteiger partial charge on any atom is 0.243 e. The van der Waals surface area contributed by atoms with Gasteiger partial charge in [0.05, 0.1) is 4.90 Å². The smallest absolute Gasteiger partial charge is 0.207 e. The van der Waals surface area contributed by atoms with Crippen molar-refractivity contribution in [3.05, 3.63) is 75.1 Å². The van der Waals surface area contributed by atoms with Gasteiger partial charge < -0.3 is 0 Å². The van der Waals surface area contributed by atoms with Crippen LogP contribution in [0.2, 0.25) is 0 Å². The van der Waals surface area contributed by atoms with Crippen LogP contribution in [0.1, 0.15) is 9.75 Å². The maximum absolute atomic E-state index is 12.9. The van der Waals surface area contributed by atoms with Crippen LogP contribution in [0.5, 0.6) is 0 Å². The lowest BCUT2D eigenvalue weighted by Crippen LogP contribution is -2.29. The van der Waals surface area contributed by atoms with Gasteiger partial charge in [-0.2, -0.15) is 4.31 Å². The summed E-state index contributed by atoms with van der Waals surface area (Å²) in [6, 6.07) is 16.4. The predicted octanol–water partition coefficient (Wildman–Crippen LogP) is 4.20. The number of hydrogen-bond donors (Lipinski definition) is 0. The Kier molecular flexibility index (Phi) is 4.73. The Labute approximate surface area is 138 Å². The minimum Gasteiger partial charge on any atom is -0.207 e. The van der Waals surface area contributed by atoms with E-state index in [2.05, 4.69) is 0 Å². The fourth-order valence-electron chi connectivity index (χ4n) is 2.12. The van der Waals surface area contributed by atoms with Crippen LogP contribution in [0.4, 0.5) is 0 Å². The normalized spacial score (nSPS) is 11.9. The van der Waals surface area contributed by atoms with Crippen LogP contribution in [-0.2, 0) is 23.1 Å². The molecule has 0 fully saturated rings. The fraction of sp³-hybridized carbons (Fsp3) is 0.125. The summed E-state index contributed by atoms with van der Waals surface area (Å²) in [6.07, 6.45) is 0. The zero-order valence-corrected chi connectivity index (χ0v) is 14.2. The molecule has 2 heterocycles. The second-order valence-corrected chi connectivity index (χ2v) is 8.75. The van der Waals surface area contributed by atoms with Gasteiger partial charge in [0.1, 0.15) is 0 Å². The first kappa shape index (κ1) is 15.4. The third kappa shape index (κ3) is 3.47. The van der Waals surface area contributed by atoms with Crippen molar-refractivity contribution in [1.82, 2.24) is 4.31 Å². The molecule has 114 valence electrons. The van der Waals surface area contributed by atoms with E-state index >= 15 is 0 Å². The van der Waals surface area contributed by atoms with E-state index in [9.17, 15) is 8.42 Å². The molecule has 0 saturated carbocycles. The van der Waals surface area contributed by atoms with Gasteiger partial charge in [-0.15, -0.1) is 22.7 Å². The van der Waals surface area contributed by atoms with Crippen LogP contribution in [0.15, 0.2) is 70.3 Å². The minimum atomic E-state index is -3.51. The molecule has 0 N–H and O–H groups in total. The van der Waals surface area contributed by atoms with E-state index in [1.54, 1.807) is 51.2 Å². The molecule has 0 radical (unpaired) electrons. The zero-order valence-electron chi connectivity index (χ0n) is 11.8. The zero-order chi connectivity index (χ0) is 15.4. The standard InChI is InChI=1S/C16H15NO2S3/c18-22(19,16-8-2-1-3-9-16)17(12-14-6-4-10-20-14)13-15-7-5-11-21-15/h1-11H,12-13H2. The van der Waals surface area contributed by atoms with Crippen molar-refractivity contribution < 1.29 is 8.42 Å². The third-order valence-electron chi connectivity index (χ3n) is 3.21. The molecule has 3 aromatic rings. The molecule has 0 amide bonds. The Morgan fingerprint density at radius 3 is 1.77 bits per heavy atom. The van der Waals surface area contributed by atoms with Crippen molar-refractivity contribution in [2.24, 2.45) is 0 Å². The van der Waals surface area contributed by atoms with Crippen molar-refractivity contribution in [1.29, 1.82) is 0 Å². The molecule has 0 atom stereocenters. The highest BCUT2D eigenvalue weighted by atomic mass is 32.2. The summed E-state index contributed by atoms with van der Waals surface area (Å²) in [4.78, 5) is 2.41. The van der Waals surface area contributed by atoms with Crippen molar-refractivity contribution >= 4 is 32.7 Å². The molecule has 6 heteroatoms. The molecule has 0 bridgehead atoms. The maximum atomic E-state index is 12.9. The highest BCUT2D eigenvalue weighted by Crippen LogP contribution is 2.24. The van der Waals surface area contributed by atoms with E-state index in [1.807, 2.05) is 41.1 Å². The lowest BCUT2D eigenvalue weighted by Gasteiger charge is -2.21. The summed E-state index contributed by atoms with van der Waals surface area (Å²) < 4.78 is 27.4. The van der Waals surface area contributed by atoms with Crippen LogP contribution in [0.3, 0.4) is 0 Å². The number of sulfonamides is 1. The molecule has 0 spiro atoms. The van der Waals surface area contributed by atoms with Gasteiger partial charge in [-0.3, -0.25) is 0 Å². The van der Waals surface area contributed by atoms with Gasteiger partial charge in [-0.25, -0.2) is 8.42 Å². The van der Waals surface area contributed by atoms with Crippen molar-refractivity contribution in [2.45, 2.75) is 18.0 Å². The highest BCUT2D eigenvalue weighted by molar-refractivity contribution is 7.89. The van der Waals surface area contributed by atoms with E-state index in [-0.39, 0.29) is 0 Å². The molecule has 0 aliphatic rings. The SMILES string of the molecule is O=S(=O)(c1ccccc1)N(Cc1cccs1)Cc1cccs1. The summed E-state index contributed by atoms with van der Waals surface area (Å²) in [7, 11) is -3.51. The predicted molar refractivity (Wildman–Crippen MR) is 91.5 cm³/mol. The van der Waals surface area contributed by atoms with Gasteiger partial charge in [0, 0.05) is 22.8 Å². The fourth-order valence-corrected chi connectivity index (χ4v) is 5.14. The van der Waals surface area contributed by atoms with Gasteiger partial charge in [-0.05, 0) is 35.0 Å². The van der Waals surface area contributed by atoms with Crippen molar-refractivity contribution in [3.63, 3.8) is 0 Å². The average Bonchev–Trinajstić information content (AvgIpc) is 3.21. The summed E-state index contributed by atoms with van der Waals surface area (Å²) >= 11 is 3.14. The summed E-state index contributed by atoms with van der Waals surface area (Å²) in [5.74, 6) is 0. The molecule has 1 aromatic carbocycles. The average molecular weight is 350 g/mol. The summed E-state index contributed by atoms with van der Waals surface area (Å²) in [5.41, 5.74) is 0. The van der Waals surface area contributed by atoms with Crippen LogP contribution in [-0.4, -0.2) is 12.7 Å². The highest BCUT2D eigenvalue weighted by Gasteiger charge is 2.25. The molecule has 0 saturated heterocycles. The Morgan fingerprint density at radius 2 is 1.32 bits per heavy atom. The topological polar surface area (TPSA) is 37.4 Å². The number of hydrogen-bond acceptors (Lipinski definition) is 4. The quantitative estimate of drug-likeness (QED) is 0.669. The van der Waals surface area contributed by atoms with E-state index < -0.39 is 10.0 Å². The summed E-state index contributed by atoms with van der Waals surface area (Å²) in [6.45, 7) is 0.791. The molecule has 0 aliphatic carbocycles. The molecular weight excluding hydrogens is 334 g/mol. The molecule has 3 rings (SSSR count). The van der Waals surface area contributed by atoms with Gasteiger partial charge >= 0.3 is 0 Å². The number of nitrogens with zero attached hydrogens (tertiary/aromatic N) is 1. The molecule has 0 unspecified atom stereocenters. The number of thiophene rings is 2. The van der Waals surface area contributed by atoms with Crippen LogP contribution < -0.4 is 0 Å². The van der Waals surface area contributed by atoms with Crippen LogP contribution in [0, 0.1) is 0 Å². The second kappa shape index (κ2) is 6.75. The summed E-state index contributed by atoms with van der Waals surface area (Å²) in [5, 5.41) is 3.93. The van der Waals surface area contributed by atoms with E-state index in [0.29, 0.717) is 18.0 Å². The first-order chi connectivity index (χ1) is 10.7. The van der Waals surface area contributed by atoms with E-state index in [1.165, 1.54) is 0 Å². The molecule has 0 aliphatic heterocycles. The minimum absolute atomic E-state index is 0.336. The van der Waals surface area contributed by atoms with Crippen LogP contribution >= 0.6 is 22.7 Å². The Balaban J connectivity index is 1.93. The number of benzene rings is 1.